The van der Waals surface area contributed by atoms with E-state index in [1.807, 2.05) is 0 Å². The molecule has 2 aliphatic rings. The number of halogens is 1. The first-order valence-electron chi connectivity index (χ1n) is 7.48. The molecule has 4 nitrogen and oxygen atoms in total. The van der Waals surface area contributed by atoms with E-state index in [1.54, 1.807) is 24.3 Å². The number of carbonyl (C=O) groups excluding carboxylic acids is 2. The highest BCUT2D eigenvalue weighted by Crippen LogP contribution is 2.22. The third-order valence-electron chi connectivity index (χ3n) is 4.25. The highest BCUT2D eigenvalue weighted by molar-refractivity contribution is 6.21. The van der Waals surface area contributed by atoms with E-state index in [0.29, 0.717) is 30.5 Å². The number of rotatable bonds is 4. The lowest BCUT2D eigenvalue weighted by atomic mass is 10.1. The largest absolute Gasteiger partial charge is 0.303 e. The normalized spacial score (nSPS) is 20.1. The maximum absolute atomic E-state index is 13.1. The van der Waals surface area contributed by atoms with Gasteiger partial charge in [0.1, 0.15) is 6.17 Å². The number of fused-ring (bicyclic) bond motifs is 1. The Bertz CT molecular complexity index is 518. The van der Waals surface area contributed by atoms with Crippen molar-refractivity contribution in [3.8, 4) is 0 Å². The van der Waals surface area contributed by atoms with Crippen molar-refractivity contribution in [1.82, 2.24) is 9.80 Å². The fraction of sp³-hybridized carbons (Fsp3) is 0.500. The standard InChI is InChI=1S/C16H19FN2O2/c17-12-6-10-18(11-7-12)8-3-9-19-15(20)13-4-1-2-5-14(13)16(19)21/h1-2,4-5,12H,3,6-11H2. The number of amides is 2. The second-order valence-electron chi connectivity index (χ2n) is 5.68. The highest BCUT2D eigenvalue weighted by atomic mass is 19.1. The lowest BCUT2D eigenvalue weighted by Gasteiger charge is -2.28. The molecule has 112 valence electrons. The molecule has 0 bridgehead atoms. The second-order valence-corrected chi connectivity index (χ2v) is 5.68. The van der Waals surface area contributed by atoms with Crippen LogP contribution < -0.4 is 0 Å². The van der Waals surface area contributed by atoms with Crippen LogP contribution in [-0.2, 0) is 0 Å². The molecule has 0 N–H and O–H groups in total. The minimum atomic E-state index is -0.669. The predicted molar refractivity (Wildman–Crippen MR) is 77.0 cm³/mol. The molecule has 0 aromatic heterocycles. The van der Waals surface area contributed by atoms with Crippen molar-refractivity contribution in [3.05, 3.63) is 35.4 Å². The molecule has 0 spiro atoms. The fourth-order valence-electron chi connectivity index (χ4n) is 3.02. The summed E-state index contributed by atoms with van der Waals surface area (Å²) in [6.45, 7) is 2.77. The zero-order chi connectivity index (χ0) is 14.8. The van der Waals surface area contributed by atoms with Gasteiger partial charge in [-0.05, 0) is 37.9 Å². The average Bonchev–Trinajstić information content (AvgIpc) is 2.75. The molecule has 5 heteroatoms. The number of piperidine rings is 1. The van der Waals surface area contributed by atoms with E-state index in [-0.39, 0.29) is 11.8 Å². The SMILES string of the molecule is O=C1c2ccccc2C(=O)N1CCCN1CCC(F)CC1. The fourth-order valence-corrected chi connectivity index (χ4v) is 3.02. The van der Waals surface area contributed by atoms with Crippen LogP contribution in [-0.4, -0.2) is 54.0 Å². The molecule has 21 heavy (non-hydrogen) atoms. The summed E-state index contributed by atoms with van der Waals surface area (Å²) in [5.74, 6) is -0.392. The van der Waals surface area contributed by atoms with Crippen molar-refractivity contribution in [3.63, 3.8) is 0 Å². The van der Waals surface area contributed by atoms with Gasteiger partial charge >= 0.3 is 0 Å². The second kappa shape index (κ2) is 5.93. The number of imide groups is 1. The summed E-state index contributed by atoms with van der Waals surface area (Å²) in [7, 11) is 0. The summed E-state index contributed by atoms with van der Waals surface area (Å²) in [6, 6.07) is 6.94. The van der Waals surface area contributed by atoms with Crippen LogP contribution in [0.5, 0.6) is 0 Å². The molecule has 2 amide bonds. The van der Waals surface area contributed by atoms with Gasteiger partial charge in [-0.25, -0.2) is 4.39 Å². The predicted octanol–water partition coefficient (Wildman–Crippen LogP) is 2.11. The Hall–Kier alpha value is -1.75. The van der Waals surface area contributed by atoms with Crippen molar-refractivity contribution < 1.29 is 14.0 Å². The molecule has 0 aliphatic carbocycles. The maximum Gasteiger partial charge on any atom is 0.261 e. The van der Waals surface area contributed by atoms with Crippen molar-refractivity contribution in [2.75, 3.05) is 26.2 Å². The van der Waals surface area contributed by atoms with Gasteiger partial charge in [0.15, 0.2) is 0 Å². The zero-order valence-electron chi connectivity index (χ0n) is 11.9. The summed E-state index contributed by atoms with van der Waals surface area (Å²) in [6.07, 6.45) is 1.25. The Morgan fingerprint density at radius 3 is 2.14 bits per heavy atom. The van der Waals surface area contributed by atoms with Crippen LogP contribution in [0.1, 0.15) is 40.0 Å². The molecule has 0 saturated carbocycles. The topological polar surface area (TPSA) is 40.6 Å². The van der Waals surface area contributed by atoms with E-state index in [9.17, 15) is 14.0 Å². The molecule has 3 rings (SSSR count). The Labute approximate surface area is 123 Å². The number of carbonyl (C=O) groups is 2. The van der Waals surface area contributed by atoms with Gasteiger partial charge in [0, 0.05) is 19.6 Å². The first-order valence-corrected chi connectivity index (χ1v) is 7.48. The molecule has 2 aliphatic heterocycles. The van der Waals surface area contributed by atoms with Crippen molar-refractivity contribution in [2.45, 2.75) is 25.4 Å². The van der Waals surface area contributed by atoms with E-state index in [2.05, 4.69) is 4.90 Å². The van der Waals surface area contributed by atoms with Crippen molar-refractivity contribution in [2.24, 2.45) is 0 Å². The lowest BCUT2D eigenvalue weighted by Crippen LogP contribution is -2.37. The van der Waals surface area contributed by atoms with Crippen LogP contribution in [0.4, 0.5) is 4.39 Å². The Balaban J connectivity index is 1.53. The summed E-state index contributed by atoms with van der Waals surface area (Å²) in [4.78, 5) is 27.9. The van der Waals surface area contributed by atoms with Crippen LogP contribution in [0, 0.1) is 0 Å². The molecule has 0 unspecified atom stereocenters. The van der Waals surface area contributed by atoms with Crippen LogP contribution in [0.15, 0.2) is 24.3 Å². The average molecular weight is 290 g/mol. The van der Waals surface area contributed by atoms with Crippen molar-refractivity contribution >= 4 is 11.8 Å². The Morgan fingerprint density at radius 1 is 1.00 bits per heavy atom. The summed E-state index contributed by atoms with van der Waals surface area (Å²) in [5.41, 5.74) is 1.00. The summed E-state index contributed by atoms with van der Waals surface area (Å²) < 4.78 is 13.1. The molecular weight excluding hydrogens is 271 g/mol. The quantitative estimate of drug-likeness (QED) is 0.797. The molecule has 1 aromatic carbocycles. The van der Waals surface area contributed by atoms with Crippen LogP contribution in [0.3, 0.4) is 0 Å². The number of alkyl halides is 1. The van der Waals surface area contributed by atoms with Gasteiger partial charge in [-0.15, -0.1) is 0 Å². The Kier molecular flexibility index (Phi) is 4.01. The van der Waals surface area contributed by atoms with Gasteiger partial charge in [-0.1, -0.05) is 12.1 Å². The van der Waals surface area contributed by atoms with Crippen LogP contribution >= 0.6 is 0 Å². The molecule has 1 fully saturated rings. The van der Waals surface area contributed by atoms with Gasteiger partial charge < -0.3 is 4.90 Å². The number of benzene rings is 1. The van der Waals surface area contributed by atoms with Gasteiger partial charge in [0.05, 0.1) is 11.1 Å². The third-order valence-corrected chi connectivity index (χ3v) is 4.25. The summed E-state index contributed by atoms with van der Waals surface area (Å²) >= 11 is 0. The monoisotopic (exact) mass is 290 g/mol. The van der Waals surface area contributed by atoms with E-state index in [1.165, 1.54) is 4.90 Å². The van der Waals surface area contributed by atoms with Gasteiger partial charge in [0.25, 0.3) is 11.8 Å². The van der Waals surface area contributed by atoms with E-state index < -0.39 is 6.17 Å². The number of hydrogen-bond acceptors (Lipinski definition) is 3. The minimum Gasteiger partial charge on any atom is -0.303 e. The minimum absolute atomic E-state index is 0.196. The summed E-state index contributed by atoms with van der Waals surface area (Å²) in [5, 5.41) is 0. The molecule has 0 atom stereocenters. The maximum atomic E-state index is 13.1. The highest BCUT2D eigenvalue weighted by Gasteiger charge is 2.34. The smallest absolute Gasteiger partial charge is 0.261 e. The van der Waals surface area contributed by atoms with E-state index >= 15 is 0 Å². The lowest BCUT2D eigenvalue weighted by molar-refractivity contribution is 0.0643. The first-order chi connectivity index (χ1) is 10.2. The van der Waals surface area contributed by atoms with Gasteiger partial charge in [0.2, 0.25) is 0 Å². The molecular formula is C16H19FN2O2. The van der Waals surface area contributed by atoms with E-state index in [4.69, 9.17) is 0 Å². The third kappa shape index (κ3) is 2.83. The number of nitrogens with zero attached hydrogens (tertiary/aromatic N) is 2. The zero-order valence-corrected chi connectivity index (χ0v) is 11.9. The molecule has 0 radical (unpaired) electrons. The molecule has 2 heterocycles. The van der Waals surface area contributed by atoms with E-state index in [0.717, 1.165) is 26.1 Å². The van der Waals surface area contributed by atoms with Gasteiger partial charge in [-0.2, -0.15) is 0 Å². The van der Waals surface area contributed by atoms with Crippen molar-refractivity contribution in [1.29, 1.82) is 0 Å². The number of likely N-dealkylation sites (tertiary alicyclic amines) is 1. The molecule has 1 saturated heterocycles. The number of hydrogen-bond donors (Lipinski definition) is 0. The van der Waals surface area contributed by atoms with Gasteiger partial charge in [-0.3, -0.25) is 14.5 Å². The Morgan fingerprint density at radius 2 is 1.57 bits per heavy atom. The van der Waals surface area contributed by atoms with Crippen LogP contribution in [0.2, 0.25) is 0 Å². The molecule has 1 aromatic rings. The first kappa shape index (κ1) is 14.2. The van der Waals surface area contributed by atoms with Crippen LogP contribution in [0.25, 0.3) is 0 Å².